The Morgan fingerprint density at radius 1 is 1.04 bits per heavy atom. The van der Waals surface area contributed by atoms with E-state index in [1.54, 1.807) is 13.3 Å². The van der Waals surface area contributed by atoms with E-state index in [1.165, 1.54) is 0 Å². The molecule has 1 heterocycles. The molecule has 26 heavy (non-hydrogen) atoms. The summed E-state index contributed by atoms with van der Waals surface area (Å²) in [5.41, 5.74) is 3.74. The van der Waals surface area contributed by atoms with Gasteiger partial charge < -0.3 is 17.8 Å². The van der Waals surface area contributed by atoms with Crippen molar-refractivity contribution in [3.8, 4) is 33.9 Å². The highest BCUT2D eigenvalue weighted by Crippen LogP contribution is 2.36. The molecule has 0 aliphatic rings. The number of benzene rings is 2. The lowest BCUT2D eigenvalue weighted by molar-refractivity contribution is 0.241. The van der Waals surface area contributed by atoms with Crippen molar-refractivity contribution in [1.82, 2.24) is 5.16 Å². The number of hydrogen-bond acceptors (Lipinski definition) is 5. The van der Waals surface area contributed by atoms with Crippen LogP contribution in [-0.4, -0.2) is 18.4 Å². The summed E-state index contributed by atoms with van der Waals surface area (Å²) < 4.78 is 21.8. The second-order valence-corrected chi connectivity index (χ2v) is 6.49. The maximum absolute atomic E-state index is 5.78. The standard InChI is InChI=1S/C20H20BrNO4/c1-13(2)25-17-8-9-18(15(10-17)12-24-21)20-19(11-22-26-20)14-4-6-16(23-3)7-5-14/h4-11,13H,12H2,1-3H3. The van der Waals surface area contributed by atoms with Crippen molar-refractivity contribution >= 4 is 16.3 Å². The predicted molar refractivity (Wildman–Crippen MR) is 103 cm³/mol. The van der Waals surface area contributed by atoms with Gasteiger partial charge in [-0.15, -0.1) is 0 Å². The highest BCUT2D eigenvalue weighted by Gasteiger charge is 2.17. The van der Waals surface area contributed by atoms with Gasteiger partial charge in [0.05, 0.1) is 42.3 Å². The molecule has 136 valence electrons. The van der Waals surface area contributed by atoms with Crippen LogP contribution in [0.4, 0.5) is 0 Å². The van der Waals surface area contributed by atoms with Crippen LogP contribution in [0.5, 0.6) is 11.5 Å². The molecule has 0 N–H and O–H groups in total. The molecule has 0 radical (unpaired) electrons. The Balaban J connectivity index is 2.02. The first kappa shape index (κ1) is 18.5. The molecule has 3 rings (SSSR count). The van der Waals surface area contributed by atoms with Crippen LogP contribution in [0.3, 0.4) is 0 Å². The van der Waals surface area contributed by atoms with Gasteiger partial charge in [-0.05, 0) is 55.3 Å². The number of halogens is 1. The minimum atomic E-state index is 0.0960. The second-order valence-electron chi connectivity index (χ2n) is 6.04. The number of ether oxygens (including phenoxy) is 2. The van der Waals surface area contributed by atoms with Gasteiger partial charge in [0, 0.05) is 11.1 Å². The SMILES string of the molecule is COc1ccc(-c2cnoc2-c2ccc(OC(C)C)cc2COBr)cc1. The van der Waals surface area contributed by atoms with Crippen LogP contribution in [0.1, 0.15) is 19.4 Å². The van der Waals surface area contributed by atoms with Crippen LogP contribution in [0.2, 0.25) is 0 Å². The molecule has 0 fully saturated rings. The molecule has 0 unspecified atom stereocenters. The molecule has 5 nitrogen and oxygen atoms in total. The number of nitrogens with zero attached hydrogens (tertiary/aromatic N) is 1. The minimum absolute atomic E-state index is 0.0960. The number of methoxy groups -OCH3 is 1. The van der Waals surface area contributed by atoms with Gasteiger partial charge in [-0.2, -0.15) is 0 Å². The summed E-state index contributed by atoms with van der Waals surface area (Å²) in [7, 11) is 1.65. The summed E-state index contributed by atoms with van der Waals surface area (Å²) in [6, 6.07) is 13.6. The molecule has 0 spiro atoms. The van der Waals surface area contributed by atoms with E-state index in [2.05, 4.69) is 21.4 Å². The lowest BCUT2D eigenvalue weighted by atomic mass is 9.99. The van der Waals surface area contributed by atoms with Crippen LogP contribution in [0.25, 0.3) is 22.5 Å². The van der Waals surface area contributed by atoms with E-state index < -0.39 is 0 Å². The van der Waals surface area contributed by atoms with E-state index in [0.29, 0.717) is 12.4 Å². The van der Waals surface area contributed by atoms with Gasteiger partial charge in [0.25, 0.3) is 0 Å². The Morgan fingerprint density at radius 3 is 2.42 bits per heavy atom. The van der Waals surface area contributed by atoms with E-state index in [4.69, 9.17) is 17.8 Å². The molecule has 0 amide bonds. The van der Waals surface area contributed by atoms with Crippen LogP contribution in [-0.2, 0) is 10.4 Å². The topological polar surface area (TPSA) is 53.7 Å². The molecular formula is C20H20BrNO4. The number of rotatable bonds is 7. The third-order valence-electron chi connectivity index (χ3n) is 3.87. The van der Waals surface area contributed by atoms with E-state index in [9.17, 15) is 0 Å². The smallest absolute Gasteiger partial charge is 0.175 e. The minimum Gasteiger partial charge on any atom is -0.497 e. The number of hydrogen-bond donors (Lipinski definition) is 0. The quantitative estimate of drug-likeness (QED) is 0.498. The Hall–Kier alpha value is -2.31. The van der Waals surface area contributed by atoms with Crippen molar-refractivity contribution in [1.29, 1.82) is 0 Å². The summed E-state index contributed by atoms with van der Waals surface area (Å²) >= 11 is 3.04. The fourth-order valence-electron chi connectivity index (χ4n) is 2.73. The van der Waals surface area contributed by atoms with Crippen LogP contribution < -0.4 is 9.47 Å². The molecular weight excluding hydrogens is 398 g/mol. The highest BCUT2D eigenvalue weighted by atomic mass is 79.9. The lowest BCUT2D eigenvalue weighted by Crippen LogP contribution is -2.06. The Bertz CT molecular complexity index is 859. The zero-order valence-electron chi connectivity index (χ0n) is 14.9. The Morgan fingerprint density at radius 2 is 1.77 bits per heavy atom. The number of aromatic nitrogens is 1. The zero-order valence-corrected chi connectivity index (χ0v) is 16.4. The van der Waals surface area contributed by atoms with Gasteiger partial charge >= 0.3 is 0 Å². The predicted octanol–water partition coefficient (Wildman–Crippen LogP) is 5.63. The summed E-state index contributed by atoms with van der Waals surface area (Å²) in [6.45, 7) is 4.35. The second kappa shape index (κ2) is 8.38. The molecule has 1 aromatic heterocycles. The normalized spacial score (nSPS) is 11.0. The molecule has 0 aliphatic heterocycles. The molecule has 0 aliphatic carbocycles. The molecule has 0 saturated carbocycles. The summed E-state index contributed by atoms with van der Waals surface area (Å²) in [6.07, 6.45) is 1.81. The molecule has 2 aromatic carbocycles. The van der Waals surface area contributed by atoms with E-state index >= 15 is 0 Å². The molecule has 0 bridgehead atoms. The first-order chi connectivity index (χ1) is 12.6. The third kappa shape index (κ3) is 4.08. The fourth-order valence-corrected chi connectivity index (χ4v) is 2.97. The van der Waals surface area contributed by atoms with Crippen molar-refractivity contribution in [3.05, 3.63) is 54.2 Å². The Kier molecular flexibility index (Phi) is 5.96. The van der Waals surface area contributed by atoms with Crippen molar-refractivity contribution < 1.29 is 17.8 Å². The largest absolute Gasteiger partial charge is 0.497 e. The van der Waals surface area contributed by atoms with Gasteiger partial charge in [-0.1, -0.05) is 17.3 Å². The Labute approximate surface area is 161 Å². The summed E-state index contributed by atoms with van der Waals surface area (Å²) in [5.74, 6) is 2.27. The van der Waals surface area contributed by atoms with Gasteiger partial charge in [0.15, 0.2) is 5.76 Å². The van der Waals surface area contributed by atoms with Gasteiger partial charge in [-0.25, -0.2) is 0 Å². The van der Waals surface area contributed by atoms with E-state index in [-0.39, 0.29) is 6.10 Å². The zero-order chi connectivity index (χ0) is 18.5. The third-order valence-corrected chi connectivity index (χ3v) is 4.10. The molecule has 0 atom stereocenters. The van der Waals surface area contributed by atoms with Crippen LogP contribution in [0, 0.1) is 0 Å². The summed E-state index contributed by atoms with van der Waals surface area (Å²) in [5, 5.41) is 4.00. The fraction of sp³-hybridized carbons (Fsp3) is 0.250. The van der Waals surface area contributed by atoms with Crippen molar-refractivity contribution in [2.24, 2.45) is 0 Å². The van der Waals surface area contributed by atoms with Crippen LogP contribution >= 0.6 is 16.3 Å². The van der Waals surface area contributed by atoms with Gasteiger partial charge in [-0.3, -0.25) is 0 Å². The molecule has 6 heteroatoms. The molecule has 0 saturated heterocycles. The highest BCUT2D eigenvalue weighted by molar-refractivity contribution is 9.06. The lowest BCUT2D eigenvalue weighted by Gasteiger charge is -2.13. The van der Waals surface area contributed by atoms with Crippen LogP contribution in [0.15, 0.2) is 53.2 Å². The van der Waals surface area contributed by atoms with Crippen molar-refractivity contribution in [2.45, 2.75) is 26.6 Å². The average Bonchev–Trinajstić information content (AvgIpc) is 3.11. The average molecular weight is 418 g/mol. The molecule has 3 aromatic rings. The maximum Gasteiger partial charge on any atom is 0.175 e. The van der Waals surface area contributed by atoms with Crippen molar-refractivity contribution in [3.63, 3.8) is 0 Å². The maximum atomic E-state index is 5.78. The monoisotopic (exact) mass is 417 g/mol. The van der Waals surface area contributed by atoms with Crippen molar-refractivity contribution in [2.75, 3.05) is 7.11 Å². The first-order valence-corrected chi connectivity index (χ1v) is 8.89. The van der Waals surface area contributed by atoms with E-state index in [1.807, 2.05) is 56.3 Å². The first-order valence-electron chi connectivity index (χ1n) is 8.25. The summed E-state index contributed by atoms with van der Waals surface area (Å²) in [4.78, 5) is 0. The van der Waals surface area contributed by atoms with Gasteiger partial charge in [0.1, 0.15) is 11.5 Å². The van der Waals surface area contributed by atoms with Gasteiger partial charge in [0.2, 0.25) is 0 Å². The van der Waals surface area contributed by atoms with E-state index in [0.717, 1.165) is 33.8 Å².